The fourth-order valence-electron chi connectivity index (χ4n) is 2.86. The predicted molar refractivity (Wildman–Crippen MR) is 107 cm³/mol. The van der Waals surface area contributed by atoms with Gasteiger partial charge >= 0.3 is 5.97 Å². The first-order valence-electron chi connectivity index (χ1n) is 9.74. The van der Waals surface area contributed by atoms with Crippen LogP contribution in [0.15, 0.2) is 29.3 Å². The monoisotopic (exact) mass is 376 g/mol. The van der Waals surface area contributed by atoms with Gasteiger partial charge in [0.15, 0.2) is 5.96 Å². The molecule has 1 atom stereocenters. The zero-order chi connectivity index (χ0) is 19.5. The predicted octanol–water partition coefficient (Wildman–Crippen LogP) is 1.64. The van der Waals surface area contributed by atoms with Gasteiger partial charge in [-0.15, -0.1) is 0 Å². The van der Waals surface area contributed by atoms with E-state index in [2.05, 4.69) is 34.4 Å². The lowest BCUT2D eigenvalue weighted by atomic mass is 10.1. The Morgan fingerprint density at radius 1 is 1.22 bits per heavy atom. The van der Waals surface area contributed by atoms with Crippen LogP contribution in [0.3, 0.4) is 0 Å². The number of esters is 1. The van der Waals surface area contributed by atoms with Gasteiger partial charge in [0.2, 0.25) is 0 Å². The summed E-state index contributed by atoms with van der Waals surface area (Å²) in [5.41, 5.74) is 1.61. The molecule has 1 aromatic carbocycles. The number of nitrogens with one attached hydrogen (secondary N) is 2. The first-order chi connectivity index (χ1) is 13.1. The van der Waals surface area contributed by atoms with E-state index in [1.54, 1.807) is 19.1 Å². The van der Waals surface area contributed by atoms with E-state index < -0.39 is 0 Å². The second kappa shape index (κ2) is 11.6. The standard InChI is InChI=1S/C20H32N4O3/c1-4-21-20(22-14-16(3)24-10-12-26-13-11-24)23-15-17-6-8-18(9-7-17)19(25)27-5-2/h6-9,16H,4-5,10-15H2,1-3H3,(H2,21,22,23). The van der Waals surface area contributed by atoms with E-state index in [4.69, 9.17) is 9.47 Å². The lowest BCUT2D eigenvalue weighted by molar-refractivity contribution is 0.0211. The second-order valence-electron chi connectivity index (χ2n) is 6.49. The molecule has 0 saturated carbocycles. The van der Waals surface area contributed by atoms with Crippen molar-refractivity contribution in [3.63, 3.8) is 0 Å². The van der Waals surface area contributed by atoms with E-state index in [1.807, 2.05) is 12.1 Å². The maximum Gasteiger partial charge on any atom is 0.338 e. The minimum absolute atomic E-state index is 0.292. The van der Waals surface area contributed by atoms with Gasteiger partial charge in [0, 0.05) is 32.2 Å². The van der Waals surface area contributed by atoms with Gasteiger partial charge in [0.05, 0.1) is 31.9 Å². The molecule has 0 aliphatic carbocycles. The average molecular weight is 377 g/mol. The van der Waals surface area contributed by atoms with Crippen molar-refractivity contribution in [1.82, 2.24) is 15.5 Å². The minimum atomic E-state index is -0.292. The molecule has 7 nitrogen and oxygen atoms in total. The zero-order valence-corrected chi connectivity index (χ0v) is 16.7. The Balaban J connectivity index is 1.87. The normalized spacial score (nSPS) is 16.6. The van der Waals surface area contributed by atoms with Gasteiger partial charge in [-0.05, 0) is 38.5 Å². The van der Waals surface area contributed by atoms with Crippen molar-refractivity contribution < 1.29 is 14.3 Å². The molecule has 27 heavy (non-hydrogen) atoms. The number of carbonyl (C=O) groups excluding carboxylic acids is 1. The Kier molecular flexibility index (Phi) is 9.07. The van der Waals surface area contributed by atoms with E-state index in [0.29, 0.717) is 24.8 Å². The van der Waals surface area contributed by atoms with E-state index in [-0.39, 0.29) is 5.97 Å². The molecule has 0 radical (unpaired) electrons. The molecular formula is C20H32N4O3. The molecule has 150 valence electrons. The van der Waals surface area contributed by atoms with Crippen molar-refractivity contribution in [1.29, 1.82) is 0 Å². The lowest BCUT2D eigenvalue weighted by Gasteiger charge is -2.32. The van der Waals surface area contributed by atoms with E-state index in [1.165, 1.54) is 0 Å². The number of morpholine rings is 1. The van der Waals surface area contributed by atoms with Gasteiger partial charge in [0.25, 0.3) is 0 Å². The van der Waals surface area contributed by atoms with Gasteiger partial charge in [-0.2, -0.15) is 0 Å². The third kappa shape index (κ3) is 7.19. The van der Waals surface area contributed by atoms with Crippen molar-refractivity contribution in [3.05, 3.63) is 35.4 Å². The second-order valence-corrected chi connectivity index (χ2v) is 6.49. The van der Waals surface area contributed by atoms with E-state index in [9.17, 15) is 4.79 Å². The Bertz CT molecular complexity index is 598. The molecule has 1 aromatic rings. The Morgan fingerprint density at radius 3 is 2.56 bits per heavy atom. The highest BCUT2D eigenvalue weighted by Gasteiger charge is 2.17. The highest BCUT2D eigenvalue weighted by Crippen LogP contribution is 2.07. The van der Waals surface area contributed by atoms with Crippen LogP contribution in [0.1, 0.15) is 36.7 Å². The van der Waals surface area contributed by atoms with Crippen molar-refractivity contribution >= 4 is 11.9 Å². The highest BCUT2D eigenvalue weighted by atomic mass is 16.5. The summed E-state index contributed by atoms with van der Waals surface area (Å²) in [7, 11) is 0. The van der Waals surface area contributed by atoms with Crippen LogP contribution in [0.4, 0.5) is 0 Å². The SMILES string of the molecule is CCNC(=NCc1ccc(C(=O)OCC)cc1)NCC(C)N1CCOCC1. The molecule has 0 spiro atoms. The first kappa shape index (κ1) is 21.2. The number of nitrogens with zero attached hydrogens (tertiary/aromatic N) is 2. The quantitative estimate of drug-likeness (QED) is 0.408. The van der Waals surface area contributed by atoms with Gasteiger partial charge in [-0.1, -0.05) is 12.1 Å². The summed E-state index contributed by atoms with van der Waals surface area (Å²) in [4.78, 5) is 18.8. The topological polar surface area (TPSA) is 75.2 Å². The smallest absolute Gasteiger partial charge is 0.338 e. The largest absolute Gasteiger partial charge is 0.462 e. The molecule has 7 heteroatoms. The van der Waals surface area contributed by atoms with Crippen LogP contribution < -0.4 is 10.6 Å². The average Bonchev–Trinajstić information content (AvgIpc) is 2.71. The molecule has 0 amide bonds. The zero-order valence-electron chi connectivity index (χ0n) is 16.7. The van der Waals surface area contributed by atoms with E-state index >= 15 is 0 Å². The Hall–Kier alpha value is -2.12. The van der Waals surface area contributed by atoms with Crippen molar-refractivity contribution in [2.45, 2.75) is 33.4 Å². The van der Waals surface area contributed by atoms with Crippen LogP contribution in [0.2, 0.25) is 0 Å². The molecule has 0 aromatic heterocycles. The van der Waals surface area contributed by atoms with Crippen LogP contribution in [0, 0.1) is 0 Å². The number of carbonyl (C=O) groups is 1. The lowest BCUT2D eigenvalue weighted by Crippen LogP contribution is -2.49. The van der Waals surface area contributed by atoms with E-state index in [0.717, 1.165) is 50.9 Å². The van der Waals surface area contributed by atoms with Crippen LogP contribution in [0.25, 0.3) is 0 Å². The number of hydrogen-bond donors (Lipinski definition) is 2. The first-order valence-corrected chi connectivity index (χ1v) is 9.74. The summed E-state index contributed by atoms with van der Waals surface area (Å²) in [6.45, 7) is 12.2. The van der Waals surface area contributed by atoms with Crippen molar-refractivity contribution in [2.24, 2.45) is 4.99 Å². The third-order valence-corrected chi connectivity index (χ3v) is 4.46. The maximum atomic E-state index is 11.7. The van der Waals surface area contributed by atoms with Gasteiger partial charge in [-0.3, -0.25) is 4.90 Å². The highest BCUT2D eigenvalue weighted by molar-refractivity contribution is 5.89. The molecular weight excluding hydrogens is 344 g/mol. The number of benzene rings is 1. The molecule has 1 heterocycles. The summed E-state index contributed by atoms with van der Waals surface area (Å²) in [5.74, 6) is 0.506. The Morgan fingerprint density at radius 2 is 1.93 bits per heavy atom. The van der Waals surface area contributed by atoms with Crippen LogP contribution in [-0.2, 0) is 16.0 Å². The summed E-state index contributed by atoms with van der Waals surface area (Å²) >= 11 is 0. The third-order valence-electron chi connectivity index (χ3n) is 4.46. The fraction of sp³-hybridized carbons (Fsp3) is 0.600. The molecule has 0 bridgehead atoms. The minimum Gasteiger partial charge on any atom is -0.462 e. The van der Waals surface area contributed by atoms with Gasteiger partial charge in [-0.25, -0.2) is 9.79 Å². The number of guanidine groups is 1. The Labute approximate surface area is 162 Å². The van der Waals surface area contributed by atoms with Crippen molar-refractivity contribution in [3.8, 4) is 0 Å². The number of rotatable bonds is 8. The molecule has 2 rings (SSSR count). The summed E-state index contributed by atoms with van der Waals surface area (Å²) in [5, 5.41) is 6.70. The molecule has 1 saturated heterocycles. The molecule has 1 aliphatic heterocycles. The maximum absolute atomic E-state index is 11.7. The molecule has 1 unspecified atom stereocenters. The van der Waals surface area contributed by atoms with Gasteiger partial charge in [0.1, 0.15) is 0 Å². The number of aliphatic imine (C=N–C) groups is 1. The molecule has 2 N–H and O–H groups in total. The molecule has 1 aliphatic rings. The summed E-state index contributed by atoms with van der Waals surface area (Å²) < 4.78 is 10.4. The van der Waals surface area contributed by atoms with Crippen molar-refractivity contribution in [2.75, 3.05) is 46.0 Å². The number of hydrogen-bond acceptors (Lipinski definition) is 5. The van der Waals surface area contributed by atoms with Gasteiger partial charge < -0.3 is 20.1 Å². The van der Waals surface area contributed by atoms with Crippen LogP contribution in [-0.4, -0.2) is 68.9 Å². The van der Waals surface area contributed by atoms with Crippen LogP contribution >= 0.6 is 0 Å². The summed E-state index contributed by atoms with van der Waals surface area (Å²) in [6, 6.07) is 7.81. The van der Waals surface area contributed by atoms with Crippen LogP contribution in [0.5, 0.6) is 0 Å². The number of ether oxygens (including phenoxy) is 2. The molecule has 1 fully saturated rings. The fourth-order valence-corrected chi connectivity index (χ4v) is 2.86. The summed E-state index contributed by atoms with van der Waals surface area (Å²) in [6.07, 6.45) is 0.